The third-order valence-electron chi connectivity index (χ3n) is 4.28. The van der Waals surface area contributed by atoms with Gasteiger partial charge >= 0.3 is 11.9 Å². The summed E-state index contributed by atoms with van der Waals surface area (Å²) in [7, 11) is -1.36. The van der Waals surface area contributed by atoms with Gasteiger partial charge in [-0.3, -0.25) is 13.8 Å². The molecule has 25 heavy (non-hydrogen) atoms. The van der Waals surface area contributed by atoms with Crippen molar-refractivity contribution in [2.45, 2.75) is 42.2 Å². The number of benzene rings is 1. The lowest BCUT2D eigenvalue weighted by molar-refractivity contribution is -0.162. The summed E-state index contributed by atoms with van der Waals surface area (Å²) in [4.78, 5) is 25.3. The van der Waals surface area contributed by atoms with E-state index in [9.17, 15) is 13.8 Å². The van der Waals surface area contributed by atoms with E-state index in [1.54, 1.807) is 26.0 Å². The second-order valence-electron chi connectivity index (χ2n) is 5.85. The fraction of sp³-hybridized carbons (Fsp3) is 0.556. The van der Waals surface area contributed by atoms with E-state index >= 15 is 0 Å². The molecule has 0 aliphatic heterocycles. The predicted octanol–water partition coefficient (Wildman–Crippen LogP) is 2.92. The van der Waals surface area contributed by atoms with E-state index in [0.29, 0.717) is 4.90 Å². The lowest BCUT2D eigenvalue weighted by atomic mass is 9.78. The van der Waals surface area contributed by atoms with E-state index in [-0.39, 0.29) is 26.1 Å². The summed E-state index contributed by atoms with van der Waals surface area (Å²) >= 11 is 6.46. The molecule has 1 saturated carbocycles. The first-order valence-corrected chi connectivity index (χ1v) is 10.1. The van der Waals surface area contributed by atoms with Gasteiger partial charge in [0.15, 0.2) is 0 Å². The van der Waals surface area contributed by atoms with E-state index in [4.69, 9.17) is 21.1 Å². The fourth-order valence-electron chi connectivity index (χ4n) is 3.09. The summed E-state index contributed by atoms with van der Waals surface area (Å²) in [6, 6.07) is 9.01. The predicted molar refractivity (Wildman–Crippen MR) is 95.8 cm³/mol. The molecule has 5 nitrogen and oxygen atoms in total. The molecule has 0 N–H and O–H groups in total. The van der Waals surface area contributed by atoms with Gasteiger partial charge in [-0.25, -0.2) is 0 Å². The van der Waals surface area contributed by atoms with Gasteiger partial charge in [0.2, 0.25) is 0 Å². The first-order valence-electron chi connectivity index (χ1n) is 8.42. The molecule has 1 aromatic rings. The molecule has 0 radical (unpaired) electrons. The molecular weight excluding hydrogens is 364 g/mol. The Balaban J connectivity index is 2.24. The summed E-state index contributed by atoms with van der Waals surface area (Å²) < 4.78 is 23.1. The average molecular weight is 387 g/mol. The summed E-state index contributed by atoms with van der Waals surface area (Å²) in [6.45, 7) is 3.88. The van der Waals surface area contributed by atoms with Gasteiger partial charge in [-0.15, -0.1) is 11.6 Å². The van der Waals surface area contributed by atoms with Gasteiger partial charge in [-0.2, -0.15) is 0 Å². The Hall–Kier alpha value is -1.40. The van der Waals surface area contributed by atoms with Crippen LogP contribution in [0.1, 0.15) is 26.7 Å². The molecule has 1 aliphatic rings. The van der Waals surface area contributed by atoms with E-state index < -0.39 is 45.2 Å². The summed E-state index contributed by atoms with van der Waals surface area (Å²) in [5.74, 6) is -2.26. The summed E-state index contributed by atoms with van der Waals surface area (Å²) in [5, 5.41) is -0.912. The number of carbonyl (C=O) groups excluding carboxylic acids is 2. The molecule has 0 saturated heterocycles. The van der Waals surface area contributed by atoms with Crippen molar-refractivity contribution in [3.63, 3.8) is 0 Å². The number of carbonyl (C=O) groups is 2. The van der Waals surface area contributed by atoms with Gasteiger partial charge in [0.05, 0.1) is 41.1 Å². The molecule has 1 aliphatic carbocycles. The highest BCUT2D eigenvalue weighted by molar-refractivity contribution is 7.85. The molecule has 0 heterocycles. The van der Waals surface area contributed by atoms with Crippen LogP contribution in [0.15, 0.2) is 35.2 Å². The van der Waals surface area contributed by atoms with Crippen molar-refractivity contribution in [3.05, 3.63) is 30.3 Å². The van der Waals surface area contributed by atoms with E-state index in [2.05, 4.69) is 0 Å². The molecule has 0 amide bonds. The highest BCUT2D eigenvalue weighted by Crippen LogP contribution is 2.38. The van der Waals surface area contributed by atoms with Crippen molar-refractivity contribution in [2.75, 3.05) is 13.2 Å². The molecule has 0 unspecified atom stereocenters. The van der Waals surface area contributed by atoms with Crippen LogP contribution in [0, 0.1) is 11.8 Å². The number of hydrogen-bond donors (Lipinski definition) is 0. The van der Waals surface area contributed by atoms with Gasteiger partial charge in [0.25, 0.3) is 0 Å². The Bertz CT molecular complexity index is 621. The molecule has 5 atom stereocenters. The Labute approximate surface area is 155 Å². The largest absolute Gasteiger partial charge is 0.466 e. The fourth-order valence-corrected chi connectivity index (χ4v) is 5.20. The molecule has 0 spiro atoms. The van der Waals surface area contributed by atoms with Crippen molar-refractivity contribution in [1.29, 1.82) is 0 Å². The van der Waals surface area contributed by atoms with Crippen molar-refractivity contribution in [2.24, 2.45) is 11.8 Å². The number of ether oxygens (including phenoxy) is 2. The van der Waals surface area contributed by atoms with E-state index in [1.165, 1.54) is 0 Å². The highest BCUT2D eigenvalue weighted by atomic mass is 35.5. The highest BCUT2D eigenvalue weighted by Gasteiger charge is 2.46. The van der Waals surface area contributed by atoms with E-state index in [1.807, 2.05) is 18.2 Å². The van der Waals surface area contributed by atoms with Crippen LogP contribution in [-0.4, -0.2) is 40.0 Å². The Morgan fingerprint density at radius 2 is 1.56 bits per heavy atom. The van der Waals surface area contributed by atoms with Gasteiger partial charge in [-0.05, 0) is 38.8 Å². The van der Waals surface area contributed by atoms with Crippen LogP contribution < -0.4 is 0 Å². The van der Waals surface area contributed by atoms with Crippen LogP contribution in [0.25, 0.3) is 0 Å². The maximum atomic E-state index is 12.9. The average Bonchev–Trinajstić information content (AvgIpc) is 2.62. The number of alkyl halides is 1. The standard InChI is InChI=1S/C18H23ClO5S/c1-3-23-17(20)13-10-15(19)16(11-14(13)18(21)24-4-2)25(22)12-8-6-5-7-9-12/h5-9,13-16H,3-4,10-11H2,1-2H3/t13-,14-,15+,16+,25-/m0/s1. The van der Waals surface area contributed by atoms with Gasteiger partial charge in [0, 0.05) is 10.3 Å². The maximum absolute atomic E-state index is 12.9. The normalized spacial score (nSPS) is 27.3. The molecule has 7 heteroatoms. The second kappa shape index (κ2) is 9.34. The quantitative estimate of drug-likeness (QED) is 0.555. The van der Waals surface area contributed by atoms with Crippen molar-refractivity contribution >= 4 is 34.3 Å². The minimum Gasteiger partial charge on any atom is -0.466 e. The van der Waals surface area contributed by atoms with Crippen LogP contribution in [-0.2, 0) is 29.9 Å². The molecule has 1 fully saturated rings. The summed E-state index contributed by atoms with van der Waals surface area (Å²) in [5.41, 5.74) is 0. The first kappa shape index (κ1) is 19.9. The Morgan fingerprint density at radius 3 is 2.08 bits per heavy atom. The minimum atomic E-state index is -1.36. The molecule has 1 aromatic carbocycles. The van der Waals surface area contributed by atoms with Crippen molar-refractivity contribution in [3.8, 4) is 0 Å². The van der Waals surface area contributed by atoms with Gasteiger partial charge in [0.1, 0.15) is 0 Å². The number of halogens is 1. The zero-order chi connectivity index (χ0) is 18.4. The summed E-state index contributed by atoms with van der Waals surface area (Å²) in [6.07, 6.45) is 0.477. The molecule has 138 valence electrons. The SMILES string of the molecule is CCOC(=O)[C@H]1C[C@@H](Cl)[C@H]([S@@](=O)c2ccccc2)C[C@@H]1C(=O)OCC. The number of hydrogen-bond acceptors (Lipinski definition) is 5. The maximum Gasteiger partial charge on any atom is 0.309 e. The van der Waals surface area contributed by atoms with Gasteiger partial charge in [-0.1, -0.05) is 18.2 Å². The molecule has 2 rings (SSSR count). The minimum absolute atomic E-state index is 0.224. The molecule has 0 aromatic heterocycles. The molecule has 0 bridgehead atoms. The topological polar surface area (TPSA) is 69.7 Å². The third kappa shape index (κ3) is 4.82. The van der Waals surface area contributed by atoms with Crippen LogP contribution in [0.5, 0.6) is 0 Å². The third-order valence-corrected chi connectivity index (χ3v) is 6.72. The van der Waals surface area contributed by atoms with E-state index in [0.717, 1.165) is 0 Å². The van der Waals surface area contributed by atoms with Crippen molar-refractivity contribution < 1.29 is 23.3 Å². The zero-order valence-electron chi connectivity index (χ0n) is 14.4. The first-order chi connectivity index (χ1) is 12.0. The van der Waals surface area contributed by atoms with Crippen LogP contribution >= 0.6 is 11.6 Å². The van der Waals surface area contributed by atoms with Crippen LogP contribution in [0.4, 0.5) is 0 Å². The Morgan fingerprint density at radius 1 is 1.04 bits per heavy atom. The van der Waals surface area contributed by atoms with Crippen molar-refractivity contribution in [1.82, 2.24) is 0 Å². The Kier molecular flexibility index (Phi) is 7.44. The second-order valence-corrected chi connectivity index (χ2v) is 8.09. The van der Waals surface area contributed by atoms with Gasteiger partial charge < -0.3 is 9.47 Å². The van der Waals surface area contributed by atoms with Crippen LogP contribution in [0.3, 0.4) is 0 Å². The monoisotopic (exact) mass is 386 g/mol. The molecular formula is C18H23ClO5S. The number of esters is 2. The lowest BCUT2D eigenvalue weighted by Crippen LogP contribution is -2.45. The van der Waals surface area contributed by atoms with Crippen LogP contribution in [0.2, 0.25) is 0 Å². The smallest absolute Gasteiger partial charge is 0.309 e. The lowest BCUT2D eigenvalue weighted by Gasteiger charge is -2.36. The number of rotatable bonds is 6. The zero-order valence-corrected chi connectivity index (χ0v) is 15.9.